The zero-order valence-electron chi connectivity index (χ0n) is 15.7. The summed E-state index contributed by atoms with van der Waals surface area (Å²) in [6, 6.07) is 14.4. The monoisotopic (exact) mass is 431 g/mol. The standard InChI is InChI=1S/C20H18ClN3O4S/c1-13-3-9-17(10-4-13)29(26,27)24(2)15-5-7-16(8-6-15)28-20-18(21)11-14(12-23-20)19(22)25/h3-12H,1-2H3,(H2,22,25). The van der Waals surface area contributed by atoms with Gasteiger partial charge < -0.3 is 10.5 Å². The van der Waals surface area contributed by atoms with E-state index in [4.69, 9.17) is 22.1 Å². The quantitative estimate of drug-likeness (QED) is 0.640. The minimum Gasteiger partial charge on any atom is -0.438 e. The molecule has 0 bridgehead atoms. The van der Waals surface area contributed by atoms with Crippen LogP contribution in [0.2, 0.25) is 5.02 Å². The number of rotatable bonds is 6. The molecule has 0 unspecified atom stereocenters. The van der Waals surface area contributed by atoms with Gasteiger partial charge in [-0.1, -0.05) is 29.3 Å². The Balaban J connectivity index is 1.79. The number of carbonyl (C=O) groups is 1. The van der Waals surface area contributed by atoms with Crippen LogP contribution in [0.4, 0.5) is 5.69 Å². The van der Waals surface area contributed by atoms with Crippen molar-refractivity contribution in [2.75, 3.05) is 11.4 Å². The summed E-state index contributed by atoms with van der Waals surface area (Å²) in [7, 11) is -2.21. The lowest BCUT2D eigenvalue weighted by Crippen LogP contribution is -2.26. The molecule has 1 amide bonds. The van der Waals surface area contributed by atoms with Crippen LogP contribution in [-0.2, 0) is 10.0 Å². The summed E-state index contributed by atoms with van der Waals surface area (Å²) in [6.07, 6.45) is 1.26. The maximum absolute atomic E-state index is 12.8. The summed E-state index contributed by atoms with van der Waals surface area (Å²) in [6.45, 7) is 1.89. The van der Waals surface area contributed by atoms with Gasteiger partial charge in [-0.15, -0.1) is 0 Å². The number of benzene rings is 2. The number of nitrogens with zero attached hydrogens (tertiary/aromatic N) is 2. The van der Waals surface area contributed by atoms with Crippen LogP contribution in [0.25, 0.3) is 0 Å². The first-order valence-electron chi connectivity index (χ1n) is 8.47. The Hall–Kier alpha value is -3.10. The second-order valence-electron chi connectivity index (χ2n) is 6.26. The largest absolute Gasteiger partial charge is 0.438 e. The second-order valence-corrected chi connectivity index (χ2v) is 8.63. The molecule has 0 atom stereocenters. The number of hydrogen-bond acceptors (Lipinski definition) is 5. The number of aryl methyl sites for hydroxylation is 1. The number of nitrogens with two attached hydrogens (primary N) is 1. The molecule has 0 fully saturated rings. The molecular weight excluding hydrogens is 414 g/mol. The summed E-state index contributed by atoms with van der Waals surface area (Å²) >= 11 is 6.06. The average molecular weight is 432 g/mol. The SMILES string of the molecule is Cc1ccc(S(=O)(=O)N(C)c2ccc(Oc3ncc(C(N)=O)cc3Cl)cc2)cc1. The molecule has 0 saturated heterocycles. The van der Waals surface area contributed by atoms with Gasteiger partial charge in [-0.3, -0.25) is 9.10 Å². The van der Waals surface area contributed by atoms with Gasteiger partial charge in [0, 0.05) is 13.2 Å². The van der Waals surface area contributed by atoms with Crippen molar-refractivity contribution >= 4 is 33.2 Å². The maximum Gasteiger partial charge on any atom is 0.264 e. The van der Waals surface area contributed by atoms with Crippen molar-refractivity contribution in [3.05, 3.63) is 76.9 Å². The fourth-order valence-corrected chi connectivity index (χ4v) is 3.88. The van der Waals surface area contributed by atoms with E-state index in [0.717, 1.165) is 5.56 Å². The van der Waals surface area contributed by atoms with E-state index in [1.165, 1.54) is 23.6 Å². The molecule has 0 radical (unpaired) electrons. The predicted molar refractivity (Wildman–Crippen MR) is 111 cm³/mol. The number of carbonyl (C=O) groups excluding carboxylic acids is 1. The topological polar surface area (TPSA) is 103 Å². The van der Waals surface area contributed by atoms with E-state index in [9.17, 15) is 13.2 Å². The van der Waals surface area contributed by atoms with Crippen molar-refractivity contribution in [1.29, 1.82) is 0 Å². The number of halogens is 1. The van der Waals surface area contributed by atoms with Crippen LogP contribution in [-0.4, -0.2) is 26.4 Å². The molecule has 0 saturated carbocycles. The first-order valence-corrected chi connectivity index (χ1v) is 10.3. The van der Waals surface area contributed by atoms with Crippen LogP contribution < -0.4 is 14.8 Å². The number of ether oxygens (including phenoxy) is 1. The summed E-state index contributed by atoms with van der Waals surface area (Å²) < 4.78 is 32.3. The summed E-state index contributed by atoms with van der Waals surface area (Å²) in [4.78, 5) is 15.3. The number of sulfonamides is 1. The third-order valence-corrected chi connectivity index (χ3v) is 6.26. The van der Waals surface area contributed by atoms with E-state index in [0.29, 0.717) is 11.4 Å². The van der Waals surface area contributed by atoms with Crippen LogP contribution in [0.1, 0.15) is 15.9 Å². The highest BCUT2D eigenvalue weighted by Gasteiger charge is 2.21. The molecule has 3 rings (SSSR count). The van der Waals surface area contributed by atoms with E-state index < -0.39 is 15.9 Å². The van der Waals surface area contributed by atoms with Gasteiger partial charge >= 0.3 is 0 Å². The van der Waals surface area contributed by atoms with Crippen molar-refractivity contribution in [2.45, 2.75) is 11.8 Å². The molecule has 7 nitrogen and oxygen atoms in total. The highest BCUT2D eigenvalue weighted by atomic mass is 35.5. The van der Waals surface area contributed by atoms with Crippen molar-refractivity contribution in [3.8, 4) is 11.6 Å². The summed E-state index contributed by atoms with van der Waals surface area (Å²) in [5, 5.41) is 0.129. The normalized spacial score (nSPS) is 11.1. The molecule has 2 aromatic carbocycles. The van der Waals surface area contributed by atoms with Crippen molar-refractivity contribution in [1.82, 2.24) is 4.98 Å². The summed E-state index contributed by atoms with van der Waals surface area (Å²) in [5.41, 5.74) is 6.79. The fourth-order valence-electron chi connectivity index (χ4n) is 2.48. The van der Waals surface area contributed by atoms with E-state index in [1.807, 2.05) is 6.92 Å². The number of aromatic nitrogens is 1. The lowest BCUT2D eigenvalue weighted by atomic mass is 10.2. The molecule has 9 heteroatoms. The third-order valence-electron chi connectivity index (χ3n) is 4.19. The van der Waals surface area contributed by atoms with E-state index >= 15 is 0 Å². The average Bonchev–Trinajstić information content (AvgIpc) is 2.69. The van der Waals surface area contributed by atoms with Crippen LogP contribution >= 0.6 is 11.6 Å². The fraction of sp³-hybridized carbons (Fsp3) is 0.100. The zero-order chi connectivity index (χ0) is 21.2. The minimum atomic E-state index is -3.68. The Morgan fingerprint density at radius 1 is 1.10 bits per heavy atom. The van der Waals surface area contributed by atoms with Crippen LogP contribution in [0.15, 0.2) is 65.7 Å². The minimum absolute atomic E-state index is 0.102. The molecule has 0 aliphatic rings. The number of anilines is 1. The second kappa shape index (κ2) is 8.10. The molecule has 150 valence electrons. The third kappa shape index (κ3) is 4.49. The Morgan fingerprint density at radius 3 is 2.28 bits per heavy atom. The van der Waals surface area contributed by atoms with Crippen LogP contribution in [0.5, 0.6) is 11.6 Å². The maximum atomic E-state index is 12.8. The first kappa shape index (κ1) is 20.6. The van der Waals surface area contributed by atoms with Crippen molar-refractivity contribution in [3.63, 3.8) is 0 Å². The Kier molecular flexibility index (Phi) is 5.76. The number of pyridine rings is 1. The number of hydrogen-bond donors (Lipinski definition) is 1. The molecule has 1 aromatic heterocycles. The highest BCUT2D eigenvalue weighted by molar-refractivity contribution is 7.92. The van der Waals surface area contributed by atoms with E-state index in [1.54, 1.807) is 48.5 Å². The van der Waals surface area contributed by atoms with Crippen molar-refractivity contribution < 1.29 is 17.9 Å². The number of primary amides is 1. The molecule has 2 N–H and O–H groups in total. The zero-order valence-corrected chi connectivity index (χ0v) is 17.2. The van der Waals surface area contributed by atoms with Gasteiger partial charge in [0.1, 0.15) is 10.8 Å². The Labute approximate surface area is 173 Å². The van der Waals surface area contributed by atoms with Gasteiger partial charge in [0.05, 0.1) is 16.1 Å². The molecule has 0 spiro atoms. The predicted octanol–water partition coefficient (Wildman–Crippen LogP) is 3.76. The molecular formula is C20H18ClN3O4S. The van der Waals surface area contributed by atoms with Gasteiger partial charge in [-0.2, -0.15) is 0 Å². The molecule has 0 aliphatic heterocycles. The molecule has 3 aromatic rings. The van der Waals surface area contributed by atoms with E-state index in [2.05, 4.69) is 4.98 Å². The van der Waals surface area contributed by atoms with Gasteiger partial charge in [0.25, 0.3) is 10.0 Å². The van der Waals surface area contributed by atoms with Gasteiger partial charge in [0.15, 0.2) is 0 Å². The Bertz CT molecular complexity index is 1150. The van der Waals surface area contributed by atoms with Crippen LogP contribution in [0.3, 0.4) is 0 Å². The number of amides is 1. The first-order chi connectivity index (χ1) is 13.7. The van der Waals surface area contributed by atoms with Crippen molar-refractivity contribution in [2.24, 2.45) is 5.73 Å². The molecule has 0 aliphatic carbocycles. The Morgan fingerprint density at radius 2 is 1.72 bits per heavy atom. The highest BCUT2D eigenvalue weighted by Crippen LogP contribution is 2.30. The van der Waals surface area contributed by atoms with Crippen LogP contribution in [0, 0.1) is 6.92 Å². The van der Waals surface area contributed by atoms with E-state index in [-0.39, 0.29) is 21.4 Å². The summed E-state index contributed by atoms with van der Waals surface area (Å²) in [5.74, 6) is -0.144. The van der Waals surface area contributed by atoms with Gasteiger partial charge in [-0.05, 0) is 49.4 Å². The molecule has 29 heavy (non-hydrogen) atoms. The lowest BCUT2D eigenvalue weighted by molar-refractivity contribution is 0.1000. The van der Waals surface area contributed by atoms with Gasteiger partial charge in [-0.25, -0.2) is 13.4 Å². The lowest BCUT2D eigenvalue weighted by Gasteiger charge is -2.20. The van der Waals surface area contributed by atoms with Gasteiger partial charge in [0.2, 0.25) is 11.8 Å². The smallest absolute Gasteiger partial charge is 0.264 e. The molecule has 1 heterocycles.